The number of carbonyl (C=O) groups is 2. The van der Waals surface area contributed by atoms with Crippen LogP contribution in [-0.2, 0) is 16.1 Å². The molecule has 2 aliphatic heterocycles. The van der Waals surface area contributed by atoms with Gasteiger partial charge in [0.2, 0.25) is 11.8 Å². The molecule has 152 valence electrons. The van der Waals surface area contributed by atoms with Crippen LogP contribution in [0, 0.1) is 12.8 Å². The molecule has 29 heavy (non-hydrogen) atoms. The van der Waals surface area contributed by atoms with Crippen LogP contribution in [0.5, 0.6) is 0 Å². The number of anilines is 1. The summed E-state index contributed by atoms with van der Waals surface area (Å²) in [6, 6.07) is 12.6. The van der Waals surface area contributed by atoms with Crippen molar-refractivity contribution in [2.75, 3.05) is 24.5 Å². The molecular formula is C23H28N4O2. The Bertz CT molecular complexity index is 862. The number of nitrogens with zero attached hydrogens (tertiary/aromatic N) is 3. The Balaban J connectivity index is 1.26. The number of aromatic nitrogens is 1. The monoisotopic (exact) mass is 392 g/mol. The second-order valence-electron chi connectivity index (χ2n) is 8.14. The molecular weight excluding hydrogens is 364 g/mol. The van der Waals surface area contributed by atoms with Gasteiger partial charge < -0.3 is 15.1 Å². The molecule has 1 N–H and O–H groups in total. The maximum Gasteiger partial charge on any atom is 0.225 e. The molecule has 3 heterocycles. The average molecular weight is 393 g/mol. The van der Waals surface area contributed by atoms with Gasteiger partial charge in [-0.15, -0.1) is 0 Å². The molecule has 2 aliphatic rings. The zero-order valence-electron chi connectivity index (χ0n) is 16.9. The molecule has 0 aliphatic carbocycles. The Labute approximate surface area is 171 Å². The number of likely N-dealkylation sites (tertiary alicyclic amines) is 1. The van der Waals surface area contributed by atoms with E-state index in [1.807, 2.05) is 12.1 Å². The van der Waals surface area contributed by atoms with Crippen molar-refractivity contribution in [3.63, 3.8) is 0 Å². The molecule has 1 aromatic carbocycles. The number of aryl methyl sites for hydroxylation is 1. The number of carbonyl (C=O) groups excluding carboxylic acids is 2. The van der Waals surface area contributed by atoms with Crippen LogP contribution < -0.4 is 10.2 Å². The van der Waals surface area contributed by atoms with Crippen LogP contribution in [0.3, 0.4) is 0 Å². The highest BCUT2D eigenvalue weighted by Crippen LogP contribution is 2.23. The third-order valence-corrected chi connectivity index (χ3v) is 5.92. The minimum absolute atomic E-state index is 0.0181. The summed E-state index contributed by atoms with van der Waals surface area (Å²) in [6.07, 6.45) is 5.62. The quantitative estimate of drug-likeness (QED) is 0.849. The second-order valence-corrected chi connectivity index (χ2v) is 8.14. The van der Waals surface area contributed by atoms with Crippen molar-refractivity contribution in [1.29, 1.82) is 0 Å². The number of hydrogen-bond donors (Lipinski definition) is 1. The number of benzene rings is 1. The fourth-order valence-electron chi connectivity index (χ4n) is 4.23. The molecule has 6 nitrogen and oxygen atoms in total. The molecule has 1 aromatic heterocycles. The standard InChI is InChI=1S/C23H28N4O2/c1-17-3-2-4-21(13-17)26-11-7-20(8-12-26)25-23(29)19-14-22(28)27(16-19)15-18-5-9-24-10-6-18/h2-6,9-10,13,19-20H,7-8,11-12,14-16H2,1H3,(H,25,29)/t19-/m0/s1. The number of amides is 2. The molecule has 0 bridgehead atoms. The van der Waals surface area contributed by atoms with Gasteiger partial charge in [-0.05, 0) is 55.2 Å². The van der Waals surface area contributed by atoms with E-state index in [0.29, 0.717) is 19.5 Å². The van der Waals surface area contributed by atoms with E-state index in [1.165, 1.54) is 11.3 Å². The lowest BCUT2D eigenvalue weighted by molar-refractivity contribution is -0.129. The number of hydrogen-bond acceptors (Lipinski definition) is 4. The highest BCUT2D eigenvalue weighted by atomic mass is 16.2. The van der Waals surface area contributed by atoms with Crippen LogP contribution in [-0.4, -0.2) is 47.4 Å². The summed E-state index contributed by atoms with van der Waals surface area (Å²) < 4.78 is 0. The number of piperidine rings is 1. The van der Waals surface area contributed by atoms with Gasteiger partial charge in [0.1, 0.15) is 0 Å². The van der Waals surface area contributed by atoms with Crippen LogP contribution in [0.2, 0.25) is 0 Å². The summed E-state index contributed by atoms with van der Waals surface area (Å²) in [5.74, 6) is -0.181. The van der Waals surface area contributed by atoms with Crippen molar-refractivity contribution in [3.8, 4) is 0 Å². The van der Waals surface area contributed by atoms with Crippen LogP contribution in [0.1, 0.15) is 30.4 Å². The highest BCUT2D eigenvalue weighted by Gasteiger charge is 2.35. The highest BCUT2D eigenvalue weighted by molar-refractivity contribution is 5.89. The summed E-state index contributed by atoms with van der Waals surface area (Å²) in [6.45, 7) is 5.02. The summed E-state index contributed by atoms with van der Waals surface area (Å²) in [5, 5.41) is 3.19. The first-order valence-corrected chi connectivity index (χ1v) is 10.4. The van der Waals surface area contributed by atoms with E-state index in [2.05, 4.69) is 46.4 Å². The van der Waals surface area contributed by atoms with E-state index in [0.717, 1.165) is 31.5 Å². The Morgan fingerprint density at radius 2 is 1.93 bits per heavy atom. The van der Waals surface area contributed by atoms with Crippen molar-refractivity contribution < 1.29 is 9.59 Å². The molecule has 2 saturated heterocycles. The molecule has 0 unspecified atom stereocenters. The maximum absolute atomic E-state index is 12.7. The second kappa shape index (κ2) is 8.64. The third kappa shape index (κ3) is 4.75. The summed E-state index contributed by atoms with van der Waals surface area (Å²) in [4.78, 5) is 33.2. The van der Waals surface area contributed by atoms with E-state index < -0.39 is 0 Å². The molecule has 4 rings (SSSR count). The molecule has 6 heteroatoms. The summed E-state index contributed by atoms with van der Waals surface area (Å²) in [7, 11) is 0. The zero-order valence-corrected chi connectivity index (χ0v) is 16.9. The molecule has 0 saturated carbocycles. The predicted octanol–water partition coefficient (Wildman–Crippen LogP) is 2.52. The van der Waals surface area contributed by atoms with Crippen molar-refractivity contribution in [2.24, 2.45) is 5.92 Å². The van der Waals surface area contributed by atoms with E-state index in [4.69, 9.17) is 0 Å². The molecule has 2 amide bonds. The molecule has 2 fully saturated rings. The molecule has 1 atom stereocenters. The van der Waals surface area contributed by atoms with Crippen molar-refractivity contribution >= 4 is 17.5 Å². The van der Waals surface area contributed by atoms with Crippen molar-refractivity contribution in [3.05, 3.63) is 59.9 Å². The first kappa shape index (κ1) is 19.4. The van der Waals surface area contributed by atoms with Gasteiger partial charge in [-0.25, -0.2) is 0 Å². The Morgan fingerprint density at radius 3 is 2.66 bits per heavy atom. The van der Waals surface area contributed by atoms with Gasteiger partial charge in [-0.1, -0.05) is 12.1 Å². The Kier molecular flexibility index (Phi) is 5.79. The van der Waals surface area contributed by atoms with Gasteiger partial charge in [0, 0.05) is 56.7 Å². The SMILES string of the molecule is Cc1cccc(N2CCC(NC(=O)[C@H]3CC(=O)N(Cc4ccncc4)C3)CC2)c1. The number of nitrogens with one attached hydrogen (secondary N) is 1. The summed E-state index contributed by atoms with van der Waals surface area (Å²) >= 11 is 0. The van der Waals surface area contributed by atoms with Crippen LogP contribution in [0.25, 0.3) is 0 Å². The van der Waals surface area contributed by atoms with Gasteiger partial charge in [0.05, 0.1) is 5.92 Å². The smallest absolute Gasteiger partial charge is 0.225 e. The largest absolute Gasteiger partial charge is 0.371 e. The number of pyridine rings is 1. The van der Waals surface area contributed by atoms with Gasteiger partial charge in [-0.2, -0.15) is 0 Å². The van der Waals surface area contributed by atoms with Crippen molar-refractivity contribution in [1.82, 2.24) is 15.2 Å². The first-order chi connectivity index (χ1) is 14.1. The lowest BCUT2D eigenvalue weighted by Gasteiger charge is -2.34. The number of rotatable bonds is 5. The lowest BCUT2D eigenvalue weighted by Crippen LogP contribution is -2.46. The van der Waals surface area contributed by atoms with E-state index in [9.17, 15) is 9.59 Å². The third-order valence-electron chi connectivity index (χ3n) is 5.92. The average Bonchev–Trinajstić information content (AvgIpc) is 3.10. The molecule has 0 radical (unpaired) electrons. The fourth-order valence-corrected chi connectivity index (χ4v) is 4.23. The van der Waals surface area contributed by atoms with Gasteiger partial charge in [-0.3, -0.25) is 14.6 Å². The molecule has 0 spiro atoms. The van der Waals surface area contributed by atoms with Gasteiger partial charge in [0.15, 0.2) is 0 Å². The van der Waals surface area contributed by atoms with Gasteiger partial charge in [0.25, 0.3) is 0 Å². The van der Waals surface area contributed by atoms with Gasteiger partial charge >= 0.3 is 0 Å². The van der Waals surface area contributed by atoms with Crippen LogP contribution in [0.15, 0.2) is 48.8 Å². The predicted molar refractivity (Wildman–Crippen MR) is 112 cm³/mol. The van der Waals surface area contributed by atoms with Crippen LogP contribution in [0.4, 0.5) is 5.69 Å². The minimum atomic E-state index is -0.251. The van der Waals surface area contributed by atoms with E-state index in [-0.39, 0.29) is 23.8 Å². The van der Waals surface area contributed by atoms with E-state index >= 15 is 0 Å². The maximum atomic E-state index is 12.7. The fraction of sp³-hybridized carbons (Fsp3) is 0.435. The Morgan fingerprint density at radius 1 is 1.17 bits per heavy atom. The first-order valence-electron chi connectivity index (χ1n) is 10.4. The van der Waals surface area contributed by atoms with Crippen LogP contribution >= 0.6 is 0 Å². The normalized spacial score (nSPS) is 20.2. The zero-order chi connectivity index (χ0) is 20.2. The van der Waals surface area contributed by atoms with E-state index in [1.54, 1.807) is 17.3 Å². The van der Waals surface area contributed by atoms with Crippen molar-refractivity contribution in [2.45, 2.75) is 38.8 Å². The minimum Gasteiger partial charge on any atom is -0.371 e. The molecule has 2 aromatic rings. The Hall–Kier alpha value is -2.89. The topological polar surface area (TPSA) is 65.5 Å². The lowest BCUT2D eigenvalue weighted by atomic mass is 10.0. The summed E-state index contributed by atoms with van der Waals surface area (Å²) in [5.41, 5.74) is 3.56.